The average molecular weight is 301 g/mol. The molecule has 0 amide bonds. The van der Waals surface area contributed by atoms with Gasteiger partial charge >= 0.3 is 0 Å². The zero-order valence-electron chi connectivity index (χ0n) is 13.9. The summed E-state index contributed by atoms with van der Waals surface area (Å²) in [6.45, 7) is 4.32. The SMILES string of the molecule is CCCCCCCCCCCCCCCC(=O)SCC. The number of carbonyl (C=O) groups excluding carboxylic acids is 1. The highest BCUT2D eigenvalue weighted by Gasteiger charge is 2.00. The lowest BCUT2D eigenvalue weighted by Crippen LogP contribution is -1.92. The van der Waals surface area contributed by atoms with Gasteiger partial charge < -0.3 is 0 Å². The fourth-order valence-corrected chi connectivity index (χ4v) is 3.13. The predicted molar refractivity (Wildman–Crippen MR) is 93.5 cm³/mol. The van der Waals surface area contributed by atoms with E-state index in [1.807, 2.05) is 6.92 Å². The average Bonchev–Trinajstić information content (AvgIpc) is 2.44. The lowest BCUT2D eigenvalue weighted by molar-refractivity contribution is -0.111. The Hall–Kier alpha value is 0.0200. The third kappa shape index (κ3) is 16.1. The highest BCUT2D eigenvalue weighted by atomic mass is 32.2. The van der Waals surface area contributed by atoms with Crippen molar-refractivity contribution in [2.24, 2.45) is 0 Å². The van der Waals surface area contributed by atoms with Gasteiger partial charge in [-0.3, -0.25) is 4.79 Å². The number of rotatable bonds is 15. The minimum Gasteiger partial charge on any atom is -0.287 e. The smallest absolute Gasteiger partial charge is 0.188 e. The van der Waals surface area contributed by atoms with Crippen LogP contribution in [0.25, 0.3) is 0 Å². The minimum absolute atomic E-state index is 0.385. The molecule has 0 fully saturated rings. The van der Waals surface area contributed by atoms with E-state index in [4.69, 9.17) is 0 Å². The summed E-state index contributed by atoms with van der Waals surface area (Å²) in [6, 6.07) is 0. The van der Waals surface area contributed by atoms with Gasteiger partial charge in [-0.2, -0.15) is 0 Å². The molecule has 0 rings (SSSR count). The molecule has 0 unspecified atom stereocenters. The van der Waals surface area contributed by atoms with Crippen LogP contribution in [-0.4, -0.2) is 10.9 Å². The molecule has 0 heterocycles. The summed E-state index contributed by atoms with van der Waals surface area (Å²) >= 11 is 1.48. The van der Waals surface area contributed by atoms with Crippen LogP contribution in [-0.2, 0) is 4.79 Å². The van der Waals surface area contributed by atoms with E-state index >= 15 is 0 Å². The van der Waals surface area contributed by atoms with Crippen molar-refractivity contribution >= 4 is 16.9 Å². The molecule has 0 saturated carbocycles. The molecule has 0 spiro atoms. The molecular weight excluding hydrogens is 264 g/mol. The van der Waals surface area contributed by atoms with Gasteiger partial charge in [0.1, 0.15) is 0 Å². The Balaban J connectivity index is 3.01. The van der Waals surface area contributed by atoms with E-state index in [1.165, 1.54) is 88.8 Å². The molecule has 0 atom stereocenters. The van der Waals surface area contributed by atoms with Crippen molar-refractivity contribution in [3.8, 4) is 0 Å². The summed E-state index contributed by atoms with van der Waals surface area (Å²) in [5.74, 6) is 0.928. The summed E-state index contributed by atoms with van der Waals surface area (Å²) in [5, 5.41) is 0.385. The van der Waals surface area contributed by atoms with Gasteiger partial charge in [-0.25, -0.2) is 0 Å². The first-order valence-corrected chi connectivity index (χ1v) is 9.95. The van der Waals surface area contributed by atoms with Gasteiger partial charge in [0.25, 0.3) is 0 Å². The zero-order valence-corrected chi connectivity index (χ0v) is 14.7. The van der Waals surface area contributed by atoms with Crippen molar-refractivity contribution in [1.82, 2.24) is 0 Å². The second kappa shape index (κ2) is 17.1. The molecule has 0 N–H and O–H groups in total. The molecule has 0 aromatic carbocycles. The molecule has 0 aliphatic rings. The van der Waals surface area contributed by atoms with E-state index in [-0.39, 0.29) is 0 Å². The zero-order chi connectivity index (χ0) is 14.9. The summed E-state index contributed by atoms with van der Waals surface area (Å²) in [6.07, 6.45) is 18.6. The van der Waals surface area contributed by atoms with Gasteiger partial charge in [0, 0.05) is 6.42 Å². The molecule has 0 aliphatic carbocycles. The van der Waals surface area contributed by atoms with E-state index < -0.39 is 0 Å². The first-order valence-electron chi connectivity index (χ1n) is 8.96. The maximum Gasteiger partial charge on any atom is 0.188 e. The molecule has 2 heteroatoms. The van der Waals surface area contributed by atoms with Crippen molar-refractivity contribution in [1.29, 1.82) is 0 Å². The van der Waals surface area contributed by atoms with Gasteiger partial charge in [-0.1, -0.05) is 103 Å². The predicted octanol–water partition coefficient (Wildman–Crippen LogP) is 6.75. The summed E-state index contributed by atoms with van der Waals surface area (Å²) in [7, 11) is 0. The Morgan fingerprint density at radius 2 is 1.05 bits per heavy atom. The molecule has 0 radical (unpaired) electrons. The quantitative estimate of drug-likeness (QED) is 0.311. The molecule has 120 valence electrons. The molecular formula is C18H36OS. The molecule has 1 nitrogen and oxygen atoms in total. The van der Waals surface area contributed by atoms with Gasteiger partial charge in [-0.15, -0.1) is 0 Å². The number of carbonyl (C=O) groups is 1. The third-order valence-electron chi connectivity index (χ3n) is 3.79. The Morgan fingerprint density at radius 3 is 1.45 bits per heavy atom. The molecule has 0 aromatic rings. The standard InChI is InChI=1S/C18H36OS/c1-3-5-6-7-8-9-10-11-12-13-14-15-16-17-18(19)20-4-2/h3-17H2,1-2H3. The van der Waals surface area contributed by atoms with Crippen LogP contribution in [0.15, 0.2) is 0 Å². The van der Waals surface area contributed by atoms with E-state index in [1.54, 1.807) is 0 Å². The Morgan fingerprint density at radius 1 is 0.650 bits per heavy atom. The Kier molecular flexibility index (Phi) is 17.1. The second-order valence-electron chi connectivity index (χ2n) is 5.80. The Labute approximate surface area is 131 Å². The number of hydrogen-bond acceptors (Lipinski definition) is 2. The maximum absolute atomic E-state index is 11.3. The van der Waals surface area contributed by atoms with Gasteiger partial charge in [0.2, 0.25) is 0 Å². The molecule has 0 aliphatic heterocycles. The second-order valence-corrected chi connectivity index (χ2v) is 7.12. The number of unbranched alkanes of at least 4 members (excludes halogenated alkanes) is 12. The van der Waals surface area contributed by atoms with Crippen LogP contribution in [0.4, 0.5) is 0 Å². The Bertz CT molecular complexity index is 204. The van der Waals surface area contributed by atoms with Crippen molar-refractivity contribution in [3.05, 3.63) is 0 Å². The highest BCUT2D eigenvalue weighted by molar-refractivity contribution is 8.13. The van der Waals surface area contributed by atoms with Gasteiger partial charge in [0.05, 0.1) is 0 Å². The van der Waals surface area contributed by atoms with Crippen LogP contribution in [0.5, 0.6) is 0 Å². The lowest BCUT2D eigenvalue weighted by atomic mass is 10.0. The van der Waals surface area contributed by atoms with Crippen LogP contribution in [0, 0.1) is 0 Å². The molecule has 20 heavy (non-hydrogen) atoms. The largest absolute Gasteiger partial charge is 0.287 e. The highest BCUT2D eigenvalue weighted by Crippen LogP contribution is 2.14. The molecule has 0 bridgehead atoms. The topological polar surface area (TPSA) is 17.1 Å². The van der Waals surface area contributed by atoms with Crippen LogP contribution in [0.2, 0.25) is 0 Å². The van der Waals surface area contributed by atoms with Crippen molar-refractivity contribution < 1.29 is 4.79 Å². The van der Waals surface area contributed by atoms with E-state index in [9.17, 15) is 4.79 Å². The normalized spacial score (nSPS) is 10.9. The lowest BCUT2D eigenvalue weighted by Gasteiger charge is -2.03. The fraction of sp³-hybridized carbons (Fsp3) is 0.944. The minimum atomic E-state index is 0.385. The van der Waals surface area contributed by atoms with E-state index in [2.05, 4.69) is 6.92 Å². The molecule has 0 aromatic heterocycles. The van der Waals surface area contributed by atoms with Crippen LogP contribution >= 0.6 is 11.8 Å². The molecule has 0 saturated heterocycles. The van der Waals surface area contributed by atoms with E-state index in [0.717, 1.165) is 18.6 Å². The maximum atomic E-state index is 11.3. The van der Waals surface area contributed by atoms with Gasteiger partial charge in [-0.05, 0) is 12.2 Å². The fourth-order valence-electron chi connectivity index (χ4n) is 2.52. The van der Waals surface area contributed by atoms with E-state index in [0.29, 0.717) is 5.12 Å². The van der Waals surface area contributed by atoms with Crippen LogP contribution < -0.4 is 0 Å². The van der Waals surface area contributed by atoms with Crippen molar-refractivity contribution in [2.75, 3.05) is 5.75 Å². The first-order chi connectivity index (χ1) is 9.81. The van der Waals surface area contributed by atoms with Crippen LogP contribution in [0.3, 0.4) is 0 Å². The van der Waals surface area contributed by atoms with Crippen molar-refractivity contribution in [2.45, 2.75) is 104 Å². The van der Waals surface area contributed by atoms with Crippen LogP contribution in [0.1, 0.15) is 104 Å². The number of thioether (sulfide) groups is 1. The third-order valence-corrected chi connectivity index (χ3v) is 4.60. The van der Waals surface area contributed by atoms with Crippen molar-refractivity contribution in [3.63, 3.8) is 0 Å². The summed E-state index contributed by atoms with van der Waals surface area (Å²) < 4.78 is 0. The summed E-state index contributed by atoms with van der Waals surface area (Å²) in [4.78, 5) is 11.3. The monoisotopic (exact) mass is 300 g/mol. The summed E-state index contributed by atoms with van der Waals surface area (Å²) in [5.41, 5.74) is 0. The number of hydrogen-bond donors (Lipinski definition) is 0. The first kappa shape index (κ1) is 20.0. The van der Waals surface area contributed by atoms with Gasteiger partial charge in [0.15, 0.2) is 5.12 Å².